The van der Waals surface area contributed by atoms with Crippen LogP contribution in [0.4, 0.5) is 14.0 Å². The van der Waals surface area contributed by atoms with Crippen molar-refractivity contribution in [2.45, 2.75) is 71.3 Å². The zero-order valence-electron chi connectivity index (χ0n) is 24.3. The molecule has 0 aliphatic rings. The zero-order chi connectivity index (χ0) is 30.4. The van der Waals surface area contributed by atoms with Gasteiger partial charge in [-0.2, -0.15) is 0 Å². The van der Waals surface area contributed by atoms with Crippen LogP contribution in [0.15, 0.2) is 48.5 Å². The monoisotopic (exact) mass is 570 g/mol. The van der Waals surface area contributed by atoms with Crippen LogP contribution in [0, 0.1) is 5.82 Å². The van der Waals surface area contributed by atoms with E-state index < -0.39 is 47.3 Å². The summed E-state index contributed by atoms with van der Waals surface area (Å²) in [6.45, 7) is 10.2. The van der Waals surface area contributed by atoms with Gasteiger partial charge < -0.3 is 35.5 Å². The first kappa shape index (κ1) is 31.4. The maximum atomic E-state index is 13.6. The first-order valence-corrected chi connectivity index (χ1v) is 13.4. The number of aromatic amines is 1. The molecule has 0 aliphatic heterocycles. The van der Waals surface area contributed by atoms with Crippen molar-refractivity contribution in [1.29, 1.82) is 0 Å². The number of para-hydroxylation sites is 1. The summed E-state index contributed by atoms with van der Waals surface area (Å²) >= 11 is 0. The molecule has 0 saturated heterocycles. The van der Waals surface area contributed by atoms with E-state index in [1.807, 2.05) is 24.3 Å². The van der Waals surface area contributed by atoms with Crippen LogP contribution in [-0.2, 0) is 9.47 Å². The van der Waals surface area contributed by atoms with Gasteiger partial charge in [0.05, 0.1) is 12.1 Å². The third-order valence-corrected chi connectivity index (χ3v) is 5.82. The number of hydrogen-bond donors (Lipinski definition) is 5. The van der Waals surface area contributed by atoms with E-state index in [4.69, 9.17) is 9.47 Å². The SMILES string of the molecule is CC(C)(C)OC(=O)NCCC(O)[C@H](CNC(=O)c1[nH]c2ccccc2c1-c1ccc(F)cc1)NC(=O)OC(C)(C)C. The molecular weight excluding hydrogens is 531 g/mol. The lowest BCUT2D eigenvalue weighted by atomic mass is 10.0. The Morgan fingerprint density at radius 3 is 2.15 bits per heavy atom. The maximum absolute atomic E-state index is 13.6. The molecule has 3 rings (SSSR count). The molecule has 10 nitrogen and oxygen atoms in total. The van der Waals surface area contributed by atoms with E-state index >= 15 is 0 Å². The Labute approximate surface area is 239 Å². The Morgan fingerprint density at radius 1 is 0.902 bits per heavy atom. The van der Waals surface area contributed by atoms with E-state index in [0.29, 0.717) is 16.6 Å². The van der Waals surface area contributed by atoms with Crippen LogP contribution in [-0.4, -0.2) is 64.6 Å². The van der Waals surface area contributed by atoms with E-state index in [9.17, 15) is 23.9 Å². The molecule has 1 heterocycles. The van der Waals surface area contributed by atoms with Crippen LogP contribution < -0.4 is 16.0 Å². The Morgan fingerprint density at radius 2 is 1.51 bits per heavy atom. The number of aliphatic hydroxyl groups excluding tert-OH is 1. The van der Waals surface area contributed by atoms with Crippen LogP contribution in [0.3, 0.4) is 0 Å². The molecule has 222 valence electrons. The Hall–Kier alpha value is -4.12. The number of carbonyl (C=O) groups excluding carboxylic acids is 3. The number of H-pyrrole nitrogens is 1. The summed E-state index contributed by atoms with van der Waals surface area (Å²) in [7, 11) is 0. The van der Waals surface area contributed by atoms with Gasteiger partial charge >= 0.3 is 12.2 Å². The van der Waals surface area contributed by atoms with Crippen molar-refractivity contribution in [3.63, 3.8) is 0 Å². The summed E-state index contributed by atoms with van der Waals surface area (Å²) in [5.74, 6) is -0.888. The zero-order valence-corrected chi connectivity index (χ0v) is 24.3. The van der Waals surface area contributed by atoms with Crippen LogP contribution in [0.5, 0.6) is 0 Å². The van der Waals surface area contributed by atoms with Gasteiger partial charge in [0.1, 0.15) is 22.7 Å². The quantitative estimate of drug-likeness (QED) is 0.248. The highest BCUT2D eigenvalue weighted by Crippen LogP contribution is 2.32. The number of aliphatic hydroxyl groups is 1. The third kappa shape index (κ3) is 9.49. The average Bonchev–Trinajstić information content (AvgIpc) is 3.24. The molecule has 3 aromatic rings. The summed E-state index contributed by atoms with van der Waals surface area (Å²) in [5.41, 5.74) is 0.740. The van der Waals surface area contributed by atoms with Gasteiger partial charge in [0, 0.05) is 29.6 Å². The van der Waals surface area contributed by atoms with Gasteiger partial charge in [0.15, 0.2) is 0 Å². The maximum Gasteiger partial charge on any atom is 0.408 e. The second kappa shape index (κ2) is 13.0. The number of aromatic nitrogens is 1. The van der Waals surface area contributed by atoms with Crippen LogP contribution in [0.1, 0.15) is 58.5 Å². The number of benzene rings is 2. The van der Waals surface area contributed by atoms with Crippen LogP contribution in [0.25, 0.3) is 22.0 Å². The predicted molar refractivity (Wildman–Crippen MR) is 154 cm³/mol. The number of halogens is 1. The molecule has 0 aliphatic carbocycles. The topological polar surface area (TPSA) is 142 Å². The Bertz CT molecular complexity index is 1360. The van der Waals surface area contributed by atoms with Gasteiger partial charge in [-0.3, -0.25) is 4.79 Å². The molecule has 3 amide bonds. The Kier molecular flexibility index (Phi) is 9.98. The minimum atomic E-state index is -1.16. The van der Waals surface area contributed by atoms with Gasteiger partial charge in [-0.05, 0) is 71.7 Å². The van der Waals surface area contributed by atoms with Gasteiger partial charge in [-0.1, -0.05) is 30.3 Å². The van der Waals surface area contributed by atoms with Crippen molar-refractivity contribution in [2.75, 3.05) is 13.1 Å². The lowest BCUT2D eigenvalue weighted by Crippen LogP contribution is -2.52. The lowest BCUT2D eigenvalue weighted by Gasteiger charge is -2.27. The second-order valence-corrected chi connectivity index (χ2v) is 11.7. The molecule has 2 aromatic carbocycles. The summed E-state index contributed by atoms with van der Waals surface area (Å²) < 4.78 is 24.2. The molecule has 1 aromatic heterocycles. The van der Waals surface area contributed by atoms with Crippen molar-refractivity contribution in [1.82, 2.24) is 20.9 Å². The molecular formula is C30H39FN4O6. The summed E-state index contributed by atoms with van der Waals surface area (Å²) in [6.07, 6.45) is -2.50. The van der Waals surface area contributed by atoms with Crippen LogP contribution in [0.2, 0.25) is 0 Å². The molecule has 41 heavy (non-hydrogen) atoms. The van der Waals surface area contributed by atoms with Crippen molar-refractivity contribution in [3.05, 3.63) is 60.0 Å². The molecule has 5 N–H and O–H groups in total. The van der Waals surface area contributed by atoms with E-state index in [1.54, 1.807) is 53.7 Å². The highest BCUT2D eigenvalue weighted by Gasteiger charge is 2.27. The fraction of sp³-hybridized carbons (Fsp3) is 0.433. The first-order valence-electron chi connectivity index (χ1n) is 13.4. The van der Waals surface area contributed by atoms with Gasteiger partial charge in [0.2, 0.25) is 0 Å². The summed E-state index contributed by atoms with van der Waals surface area (Å²) in [6, 6.07) is 12.2. The van der Waals surface area contributed by atoms with Crippen molar-refractivity contribution in [3.8, 4) is 11.1 Å². The first-order chi connectivity index (χ1) is 19.1. The van der Waals surface area contributed by atoms with Crippen molar-refractivity contribution >= 4 is 29.0 Å². The molecule has 0 radical (unpaired) electrons. The number of rotatable bonds is 9. The number of fused-ring (bicyclic) bond motifs is 1. The molecule has 11 heteroatoms. The van der Waals surface area contributed by atoms with E-state index in [2.05, 4.69) is 20.9 Å². The number of nitrogens with one attached hydrogen (secondary N) is 4. The van der Waals surface area contributed by atoms with Crippen molar-refractivity contribution < 1.29 is 33.4 Å². The minimum Gasteiger partial charge on any atom is -0.444 e. The highest BCUT2D eigenvalue weighted by atomic mass is 19.1. The smallest absolute Gasteiger partial charge is 0.408 e. The van der Waals surface area contributed by atoms with Crippen molar-refractivity contribution in [2.24, 2.45) is 0 Å². The number of hydrogen-bond acceptors (Lipinski definition) is 6. The number of alkyl carbamates (subject to hydrolysis) is 2. The molecule has 0 saturated carbocycles. The van der Waals surface area contributed by atoms with E-state index in [0.717, 1.165) is 5.39 Å². The molecule has 2 atom stereocenters. The average molecular weight is 571 g/mol. The number of carbonyl (C=O) groups is 3. The largest absolute Gasteiger partial charge is 0.444 e. The summed E-state index contributed by atoms with van der Waals surface area (Å²) in [4.78, 5) is 41.1. The molecule has 0 bridgehead atoms. The minimum absolute atomic E-state index is 0.0583. The fourth-order valence-corrected chi connectivity index (χ4v) is 4.10. The third-order valence-electron chi connectivity index (χ3n) is 5.82. The lowest BCUT2D eigenvalue weighted by molar-refractivity contribution is 0.0393. The van der Waals surface area contributed by atoms with Gasteiger partial charge in [-0.25, -0.2) is 14.0 Å². The Balaban J connectivity index is 1.77. The van der Waals surface area contributed by atoms with Gasteiger partial charge in [0.25, 0.3) is 5.91 Å². The standard InChI is InChI=1S/C30H39FN4O6/c1-29(2,3)40-27(38)32-16-15-23(36)22(35-28(39)41-30(4,5)6)17-33-26(37)25-24(18-11-13-19(31)14-12-18)20-9-7-8-10-21(20)34-25/h7-14,22-23,34,36H,15-17H2,1-6H3,(H,32,38)(H,33,37)(H,35,39)/t22-,23?/m0/s1. The highest BCUT2D eigenvalue weighted by molar-refractivity contribution is 6.09. The normalized spacial score (nSPS) is 13.3. The van der Waals surface area contributed by atoms with Crippen LogP contribution >= 0.6 is 0 Å². The number of ether oxygens (including phenoxy) is 2. The predicted octanol–water partition coefficient (Wildman–Crippen LogP) is 4.87. The molecule has 1 unspecified atom stereocenters. The second-order valence-electron chi connectivity index (χ2n) is 11.7. The fourth-order valence-electron chi connectivity index (χ4n) is 4.10. The summed E-state index contributed by atoms with van der Waals surface area (Å²) in [5, 5.41) is 19.6. The molecule has 0 fully saturated rings. The van der Waals surface area contributed by atoms with E-state index in [-0.39, 0.29) is 25.2 Å². The molecule has 0 spiro atoms. The number of amides is 3. The van der Waals surface area contributed by atoms with E-state index in [1.165, 1.54) is 12.1 Å². The van der Waals surface area contributed by atoms with Gasteiger partial charge in [-0.15, -0.1) is 0 Å².